The molecule has 0 fully saturated rings. The van der Waals surface area contributed by atoms with Crippen molar-refractivity contribution in [3.05, 3.63) is 48.0 Å². The van der Waals surface area contributed by atoms with Crippen molar-refractivity contribution < 1.29 is 24.2 Å². The smallest absolute Gasteiger partial charge is 0.227 e. The highest BCUT2D eigenvalue weighted by Gasteiger charge is 2.30. The molecular formula is C31H45N5O5. The number of nitrogens with one attached hydrogen (secondary N) is 2. The maximum atomic E-state index is 13.3. The number of anilines is 3. The number of amides is 3. The average molecular weight is 568 g/mol. The Bertz CT molecular complexity index is 1190. The second-order valence-electron chi connectivity index (χ2n) is 11.2. The van der Waals surface area contributed by atoms with Crippen LogP contribution in [0.5, 0.6) is 5.75 Å². The van der Waals surface area contributed by atoms with Crippen molar-refractivity contribution in [2.75, 3.05) is 50.2 Å². The van der Waals surface area contributed by atoms with Crippen LogP contribution in [0.2, 0.25) is 0 Å². The molecule has 10 heteroatoms. The Morgan fingerprint density at radius 2 is 1.78 bits per heavy atom. The molecule has 2 aromatic carbocycles. The summed E-state index contributed by atoms with van der Waals surface area (Å²) in [6.45, 7) is 4.94. The number of aliphatic hydroxyl groups is 1. The molecule has 1 heterocycles. The maximum absolute atomic E-state index is 13.3. The van der Waals surface area contributed by atoms with Gasteiger partial charge in [0.1, 0.15) is 11.9 Å². The van der Waals surface area contributed by atoms with Crippen molar-refractivity contribution in [1.82, 2.24) is 9.80 Å². The number of unbranched alkanes of at least 4 members (excludes halogenated alkanes) is 2. The van der Waals surface area contributed by atoms with Crippen molar-refractivity contribution in [2.45, 2.75) is 64.5 Å². The van der Waals surface area contributed by atoms with Gasteiger partial charge in [0.25, 0.3) is 0 Å². The topological polar surface area (TPSA) is 137 Å². The number of hydrogen-bond donors (Lipinski definition) is 4. The lowest BCUT2D eigenvalue weighted by atomic mass is 10.0. The first-order valence-electron chi connectivity index (χ1n) is 14.4. The number of carbonyl (C=O) groups is 3. The van der Waals surface area contributed by atoms with Crippen LogP contribution >= 0.6 is 0 Å². The Labute approximate surface area is 243 Å². The van der Waals surface area contributed by atoms with Crippen molar-refractivity contribution >= 4 is 34.8 Å². The number of nitrogens with two attached hydrogens (primary N) is 1. The Balaban J connectivity index is 1.56. The summed E-state index contributed by atoms with van der Waals surface area (Å²) in [5, 5.41) is 15.5. The lowest BCUT2D eigenvalue weighted by Gasteiger charge is -2.33. The van der Waals surface area contributed by atoms with E-state index in [0.29, 0.717) is 67.1 Å². The first-order chi connectivity index (χ1) is 19.6. The van der Waals surface area contributed by atoms with E-state index in [1.54, 1.807) is 29.2 Å². The summed E-state index contributed by atoms with van der Waals surface area (Å²) >= 11 is 0. The molecule has 5 N–H and O–H groups in total. The maximum Gasteiger partial charge on any atom is 0.227 e. The molecule has 10 nitrogen and oxygen atoms in total. The molecule has 0 unspecified atom stereocenters. The van der Waals surface area contributed by atoms with Crippen LogP contribution in [0.1, 0.15) is 51.5 Å². The number of aliphatic hydroxyl groups excluding tert-OH is 1. The van der Waals surface area contributed by atoms with Gasteiger partial charge in [-0.3, -0.25) is 14.4 Å². The molecule has 0 saturated carbocycles. The SMILES string of the molecule is C[C@H]1CN([C@@H](C)CO)C(=O)Cc2cc(NC(=O)CCCCCC(=O)Nc3ccccc3N)ccc2O[C@H]1CN(C)C. The van der Waals surface area contributed by atoms with E-state index < -0.39 is 0 Å². The van der Waals surface area contributed by atoms with E-state index in [1.807, 2.05) is 39.2 Å². The Morgan fingerprint density at radius 1 is 1.10 bits per heavy atom. The molecule has 0 spiro atoms. The van der Waals surface area contributed by atoms with Crippen molar-refractivity contribution in [3.8, 4) is 5.75 Å². The Morgan fingerprint density at radius 3 is 2.44 bits per heavy atom. The quantitative estimate of drug-likeness (QED) is 0.228. The molecule has 3 amide bonds. The Kier molecular flexibility index (Phi) is 12.0. The van der Waals surface area contributed by atoms with E-state index in [2.05, 4.69) is 22.5 Å². The summed E-state index contributed by atoms with van der Waals surface area (Å²) in [4.78, 5) is 41.9. The van der Waals surface area contributed by atoms with Crippen LogP contribution < -0.4 is 21.1 Å². The van der Waals surface area contributed by atoms with Crippen LogP contribution in [0.25, 0.3) is 0 Å². The lowest BCUT2D eigenvalue weighted by Crippen LogP contribution is -2.47. The lowest BCUT2D eigenvalue weighted by molar-refractivity contribution is -0.134. The first kappa shape index (κ1) is 31.9. The highest BCUT2D eigenvalue weighted by atomic mass is 16.5. The van der Waals surface area contributed by atoms with Crippen LogP contribution in [0.4, 0.5) is 17.1 Å². The summed E-state index contributed by atoms with van der Waals surface area (Å²) in [7, 11) is 3.97. The summed E-state index contributed by atoms with van der Waals surface area (Å²) in [6, 6.07) is 12.2. The Hall–Kier alpha value is -3.63. The number of hydrogen-bond acceptors (Lipinski definition) is 7. The number of likely N-dealkylation sites (N-methyl/N-ethyl adjacent to an activating group) is 1. The zero-order valence-corrected chi connectivity index (χ0v) is 24.7. The van der Waals surface area contributed by atoms with E-state index in [9.17, 15) is 19.5 Å². The zero-order valence-electron chi connectivity index (χ0n) is 24.7. The third-order valence-electron chi connectivity index (χ3n) is 7.29. The van der Waals surface area contributed by atoms with Crippen molar-refractivity contribution in [1.29, 1.82) is 0 Å². The van der Waals surface area contributed by atoms with Gasteiger partial charge in [0.15, 0.2) is 0 Å². The molecule has 2 aromatic rings. The molecule has 0 aromatic heterocycles. The molecule has 1 aliphatic heterocycles. The van der Waals surface area contributed by atoms with Gasteiger partial charge in [-0.1, -0.05) is 25.5 Å². The van der Waals surface area contributed by atoms with Gasteiger partial charge in [0.05, 0.1) is 30.4 Å². The molecule has 1 aliphatic rings. The van der Waals surface area contributed by atoms with Crippen molar-refractivity contribution in [3.63, 3.8) is 0 Å². The average Bonchev–Trinajstić information content (AvgIpc) is 2.96. The molecule has 0 saturated heterocycles. The molecule has 0 radical (unpaired) electrons. The molecule has 0 bridgehead atoms. The second-order valence-corrected chi connectivity index (χ2v) is 11.2. The summed E-state index contributed by atoms with van der Waals surface area (Å²) in [6.07, 6.45) is 2.69. The van der Waals surface area contributed by atoms with Gasteiger partial charge in [-0.25, -0.2) is 0 Å². The largest absolute Gasteiger partial charge is 0.488 e. The third kappa shape index (κ3) is 9.75. The molecule has 3 rings (SSSR count). The van der Waals surface area contributed by atoms with E-state index >= 15 is 0 Å². The molecular weight excluding hydrogens is 522 g/mol. The number of para-hydroxylation sites is 2. The van der Waals surface area contributed by atoms with Gasteiger partial charge in [0, 0.05) is 43.1 Å². The van der Waals surface area contributed by atoms with Crippen LogP contribution in [-0.2, 0) is 20.8 Å². The second kappa shape index (κ2) is 15.4. The normalized spacial score (nSPS) is 18.0. The summed E-state index contributed by atoms with van der Waals surface area (Å²) < 4.78 is 6.43. The standard InChI is InChI=1S/C31H45N5O5/c1-21-18-36(22(2)20-37)31(40)17-23-16-24(14-15-27(23)41-28(21)19-35(3)4)33-29(38)12-6-5-7-13-30(39)34-26-11-9-8-10-25(26)32/h8-11,14-16,21-22,28,37H,5-7,12-13,17-20,32H2,1-4H3,(H,33,38)(H,34,39)/t21-,22-,28-/m0/s1. The predicted molar refractivity (Wildman–Crippen MR) is 162 cm³/mol. The van der Waals surface area contributed by atoms with Gasteiger partial charge in [-0.15, -0.1) is 0 Å². The van der Waals surface area contributed by atoms with Gasteiger partial charge < -0.3 is 36.0 Å². The number of carbonyl (C=O) groups excluding carboxylic acids is 3. The number of ether oxygens (including phenoxy) is 1. The van der Waals surface area contributed by atoms with E-state index in [4.69, 9.17) is 10.5 Å². The number of rotatable bonds is 12. The minimum absolute atomic E-state index is 0.0447. The minimum Gasteiger partial charge on any atom is -0.488 e. The molecule has 0 aliphatic carbocycles. The van der Waals surface area contributed by atoms with Gasteiger partial charge in [-0.05, 0) is 64.2 Å². The summed E-state index contributed by atoms with van der Waals surface area (Å²) in [5.41, 5.74) is 8.30. The highest BCUT2D eigenvalue weighted by molar-refractivity contribution is 5.93. The fourth-order valence-corrected chi connectivity index (χ4v) is 4.88. The van der Waals surface area contributed by atoms with Crippen LogP contribution in [0, 0.1) is 5.92 Å². The van der Waals surface area contributed by atoms with Crippen molar-refractivity contribution in [2.24, 2.45) is 5.92 Å². The number of fused-ring (bicyclic) bond motifs is 1. The fraction of sp³-hybridized carbons (Fsp3) is 0.516. The van der Waals surface area contributed by atoms with Gasteiger partial charge in [-0.2, -0.15) is 0 Å². The van der Waals surface area contributed by atoms with Crippen LogP contribution in [0.15, 0.2) is 42.5 Å². The minimum atomic E-state index is -0.308. The number of nitrogens with zero attached hydrogens (tertiary/aromatic N) is 2. The molecule has 3 atom stereocenters. The van der Waals surface area contributed by atoms with Crippen LogP contribution in [0.3, 0.4) is 0 Å². The van der Waals surface area contributed by atoms with Crippen LogP contribution in [-0.4, -0.2) is 78.6 Å². The van der Waals surface area contributed by atoms with E-state index in [-0.39, 0.29) is 48.8 Å². The molecule has 224 valence electrons. The molecule has 41 heavy (non-hydrogen) atoms. The van der Waals surface area contributed by atoms with E-state index in [1.165, 1.54) is 0 Å². The predicted octanol–water partition coefficient (Wildman–Crippen LogP) is 3.51. The number of nitrogen functional groups attached to an aromatic ring is 1. The first-order valence-corrected chi connectivity index (χ1v) is 14.4. The zero-order chi connectivity index (χ0) is 29.9. The van der Waals surface area contributed by atoms with Gasteiger partial charge >= 0.3 is 0 Å². The fourth-order valence-electron chi connectivity index (χ4n) is 4.88. The summed E-state index contributed by atoms with van der Waals surface area (Å²) in [5.74, 6) is 0.356. The van der Waals surface area contributed by atoms with Gasteiger partial charge in [0.2, 0.25) is 17.7 Å². The number of benzene rings is 2. The third-order valence-corrected chi connectivity index (χ3v) is 7.29. The monoisotopic (exact) mass is 567 g/mol. The highest BCUT2D eigenvalue weighted by Crippen LogP contribution is 2.29. The van der Waals surface area contributed by atoms with E-state index in [0.717, 1.165) is 6.42 Å².